The number of aromatic nitrogens is 3. The van der Waals surface area contributed by atoms with Gasteiger partial charge in [0.05, 0.1) is 18.1 Å². The van der Waals surface area contributed by atoms with Crippen LogP contribution >= 0.6 is 0 Å². The zero-order valence-electron chi connectivity index (χ0n) is 10.1. The minimum atomic E-state index is 0.521. The van der Waals surface area contributed by atoms with Crippen molar-refractivity contribution in [1.82, 2.24) is 15.0 Å². The fourth-order valence-corrected chi connectivity index (χ4v) is 2.12. The quantitative estimate of drug-likeness (QED) is 0.895. The van der Waals surface area contributed by atoms with E-state index in [9.17, 15) is 0 Å². The van der Waals surface area contributed by atoms with Crippen LogP contribution in [-0.2, 0) is 4.74 Å². The van der Waals surface area contributed by atoms with Gasteiger partial charge < -0.3 is 10.1 Å². The summed E-state index contributed by atoms with van der Waals surface area (Å²) in [4.78, 5) is 1.61. The van der Waals surface area contributed by atoms with Crippen molar-refractivity contribution in [3.8, 4) is 5.69 Å². The third-order valence-electron chi connectivity index (χ3n) is 3.11. The van der Waals surface area contributed by atoms with Crippen LogP contribution in [0.4, 0.5) is 5.69 Å². The fraction of sp³-hybridized carbons (Fsp3) is 0.385. The van der Waals surface area contributed by atoms with Gasteiger partial charge in [0.25, 0.3) is 0 Å². The average Bonchev–Trinajstić information content (AvgIpc) is 2.95. The molecule has 1 aliphatic heterocycles. The van der Waals surface area contributed by atoms with Crippen molar-refractivity contribution < 1.29 is 4.74 Å². The van der Waals surface area contributed by atoms with E-state index in [1.807, 2.05) is 12.1 Å². The van der Waals surface area contributed by atoms with E-state index >= 15 is 0 Å². The first-order valence-electron chi connectivity index (χ1n) is 6.23. The first kappa shape index (κ1) is 11.2. The number of hydrogen-bond acceptors (Lipinski definition) is 4. The molecule has 94 valence electrons. The molecule has 0 radical (unpaired) electrons. The summed E-state index contributed by atoms with van der Waals surface area (Å²) in [5, 5.41) is 11.7. The maximum Gasteiger partial charge on any atom is 0.0858 e. The molecular weight excluding hydrogens is 228 g/mol. The minimum Gasteiger partial charge on any atom is -0.382 e. The van der Waals surface area contributed by atoms with Crippen molar-refractivity contribution in [1.29, 1.82) is 0 Å². The number of benzene rings is 1. The molecule has 0 atom stereocenters. The minimum absolute atomic E-state index is 0.521. The first-order chi connectivity index (χ1) is 8.92. The summed E-state index contributed by atoms with van der Waals surface area (Å²) in [5.41, 5.74) is 2.11. The van der Waals surface area contributed by atoms with Gasteiger partial charge >= 0.3 is 0 Å². The Morgan fingerprint density at radius 3 is 2.39 bits per heavy atom. The van der Waals surface area contributed by atoms with E-state index in [1.54, 1.807) is 17.2 Å². The molecule has 1 aromatic heterocycles. The van der Waals surface area contributed by atoms with Crippen LogP contribution in [0, 0.1) is 0 Å². The summed E-state index contributed by atoms with van der Waals surface area (Å²) in [7, 11) is 0. The maximum absolute atomic E-state index is 5.35. The van der Waals surface area contributed by atoms with E-state index in [-0.39, 0.29) is 0 Å². The summed E-state index contributed by atoms with van der Waals surface area (Å²) < 4.78 is 5.35. The lowest BCUT2D eigenvalue weighted by atomic mass is 10.1. The monoisotopic (exact) mass is 244 g/mol. The smallest absolute Gasteiger partial charge is 0.0858 e. The third kappa shape index (κ3) is 2.51. The second-order valence-corrected chi connectivity index (χ2v) is 4.40. The molecule has 1 fully saturated rings. The van der Waals surface area contributed by atoms with Gasteiger partial charge in [-0.15, -0.1) is 0 Å². The van der Waals surface area contributed by atoms with Crippen LogP contribution in [0.25, 0.3) is 5.69 Å². The summed E-state index contributed by atoms with van der Waals surface area (Å²) >= 11 is 0. The summed E-state index contributed by atoms with van der Waals surface area (Å²) in [5.74, 6) is 0. The van der Waals surface area contributed by atoms with Crippen molar-refractivity contribution in [3.63, 3.8) is 0 Å². The van der Waals surface area contributed by atoms with Gasteiger partial charge in [-0.25, -0.2) is 0 Å². The molecule has 5 heteroatoms. The van der Waals surface area contributed by atoms with Crippen molar-refractivity contribution >= 4 is 5.69 Å². The molecule has 1 aliphatic rings. The normalized spacial score (nSPS) is 16.7. The Labute approximate surface area is 106 Å². The zero-order valence-corrected chi connectivity index (χ0v) is 10.1. The molecule has 5 nitrogen and oxygen atoms in total. The van der Waals surface area contributed by atoms with Gasteiger partial charge in [-0.1, -0.05) is 0 Å². The predicted octanol–water partition coefficient (Wildman–Crippen LogP) is 1.86. The highest BCUT2D eigenvalue weighted by Gasteiger charge is 2.13. The predicted molar refractivity (Wildman–Crippen MR) is 68.8 cm³/mol. The van der Waals surface area contributed by atoms with E-state index in [0.717, 1.165) is 37.4 Å². The molecule has 18 heavy (non-hydrogen) atoms. The molecule has 0 unspecified atom stereocenters. The van der Waals surface area contributed by atoms with Crippen LogP contribution in [0.1, 0.15) is 12.8 Å². The number of ether oxygens (including phenoxy) is 1. The number of nitrogens with zero attached hydrogens (tertiary/aromatic N) is 3. The van der Waals surface area contributed by atoms with Crippen LogP contribution in [0.5, 0.6) is 0 Å². The lowest BCUT2D eigenvalue weighted by Gasteiger charge is -2.24. The summed E-state index contributed by atoms with van der Waals surface area (Å²) in [6, 6.07) is 8.68. The standard InChI is InChI=1S/C13H16N4O/c1-3-13(17-14-7-8-15-17)4-2-11(1)16-12-5-9-18-10-6-12/h1-4,7-8,12,16H,5-6,9-10H2. The highest BCUT2D eigenvalue weighted by Crippen LogP contribution is 2.16. The van der Waals surface area contributed by atoms with Gasteiger partial charge in [-0.3, -0.25) is 0 Å². The molecule has 0 bridgehead atoms. The van der Waals surface area contributed by atoms with Crippen LogP contribution in [0.3, 0.4) is 0 Å². The molecule has 0 spiro atoms. The van der Waals surface area contributed by atoms with Crippen molar-refractivity contribution in [3.05, 3.63) is 36.7 Å². The zero-order chi connectivity index (χ0) is 12.2. The van der Waals surface area contributed by atoms with Crippen molar-refractivity contribution in [2.24, 2.45) is 0 Å². The largest absolute Gasteiger partial charge is 0.382 e. The highest BCUT2D eigenvalue weighted by atomic mass is 16.5. The molecule has 0 amide bonds. The Hall–Kier alpha value is -1.88. The lowest BCUT2D eigenvalue weighted by molar-refractivity contribution is 0.0904. The Morgan fingerprint density at radius 1 is 1.06 bits per heavy atom. The van der Waals surface area contributed by atoms with E-state index in [0.29, 0.717) is 6.04 Å². The molecule has 2 heterocycles. The van der Waals surface area contributed by atoms with Gasteiger partial charge in [0.2, 0.25) is 0 Å². The summed E-state index contributed by atoms with van der Waals surface area (Å²) in [6.45, 7) is 1.71. The van der Waals surface area contributed by atoms with Gasteiger partial charge in [-0.05, 0) is 37.1 Å². The Morgan fingerprint density at radius 2 is 1.72 bits per heavy atom. The highest BCUT2D eigenvalue weighted by molar-refractivity contribution is 5.48. The second-order valence-electron chi connectivity index (χ2n) is 4.40. The first-order valence-corrected chi connectivity index (χ1v) is 6.23. The Kier molecular flexibility index (Phi) is 3.23. The van der Waals surface area contributed by atoms with Crippen LogP contribution < -0.4 is 5.32 Å². The number of nitrogens with one attached hydrogen (secondary N) is 1. The molecule has 1 aromatic carbocycles. The molecule has 0 saturated carbocycles. The molecule has 0 aliphatic carbocycles. The number of anilines is 1. The topological polar surface area (TPSA) is 52.0 Å². The second kappa shape index (κ2) is 5.18. The van der Waals surface area contributed by atoms with E-state index < -0.39 is 0 Å². The maximum atomic E-state index is 5.35. The molecular formula is C13H16N4O. The van der Waals surface area contributed by atoms with E-state index in [2.05, 4.69) is 27.6 Å². The number of hydrogen-bond donors (Lipinski definition) is 1. The van der Waals surface area contributed by atoms with Crippen molar-refractivity contribution in [2.45, 2.75) is 18.9 Å². The SMILES string of the molecule is c1cnn(-c2ccc(NC3CCOCC3)cc2)n1. The Balaban J connectivity index is 1.67. The summed E-state index contributed by atoms with van der Waals surface area (Å²) in [6.07, 6.45) is 5.49. The molecule has 1 N–H and O–H groups in total. The Bertz CT molecular complexity index is 474. The van der Waals surface area contributed by atoms with Crippen molar-refractivity contribution in [2.75, 3.05) is 18.5 Å². The van der Waals surface area contributed by atoms with Gasteiger partial charge in [-0.2, -0.15) is 15.0 Å². The van der Waals surface area contributed by atoms with Gasteiger partial charge in [0.1, 0.15) is 0 Å². The van der Waals surface area contributed by atoms with Gasteiger partial charge in [0, 0.05) is 24.9 Å². The third-order valence-corrected chi connectivity index (χ3v) is 3.11. The van der Waals surface area contributed by atoms with Gasteiger partial charge in [0.15, 0.2) is 0 Å². The van der Waals surface area contributed by atoms with Crippen LogP contribution in [0.15, 0.2) is 36.7 Å². The number of rotatable bonds is 3. The lowest BCUT2D eigenvalue weighted by Crippen LogP contribution is -2.27. The molecule has 3 rings (SSSR count). The van der Waals surface area contributed by atoms with Crippen LogP contribution in [0.2, 0.25) is 0 Å². The van der Waals surface area contributed by atoms with Crippen LogP contribution in [-0.4, -0.2) is 34.2 Å². The molecule has 1 saturated heterocycles. The fourth-order valence-electron chi connectivity index (χ4n) is 2.12. The van der Waals surface area contributed by atoms with E-state index in [4.69, 9.17) is 4.74 Å². The molecule has 2 aromatic rings. The average molecular weight is 244 g/mol. The van der Waals surface area contributed by atoms with E-state index in [1.165, 1.54) is 0 Å².